The highest BCUT2D eigenvalue weighted by molar-refractivity contribution is 7.20. The number of para-hydroxylation sites is 1. The van der Waals surface area contributed by atoms with Gasteiger partial charge in [-0.05, 0) is 30.7 Å². The second-order valence-electron chi connectivity index (χ2n) is 6.08. The summed E-state index contributed by atoms with van der Waals surface area (Å²) in [6.07, 6.45) is 1.29. The summed E-state index contributed by atoms with van der Waals surface area (Å²) in [5.41, 5.74) is 0.0719. The number of rotatable bonds is 3. The molecule has 0 unspecified atom stereocenters. The Hall–Kier alpha value is -3.23. The summed E-state index contributed by atoms with van der Waals surface area (Å²) in [6, 6.07) is 7.40. The van der Waals surface area contributed by atoms with Crippen molar-refractivity contribution < 1.29 is 19.8 Å². The number of fused-ring (bicyclic) bond motifs is 2. The fourth-order valence-corrected chi connectivity index (χ4v) is 4.27. The third-order valence-electron chi connectivity index (χ3n) is 4.37. The number of hydrogen-bond acceptors (Lipinski definition) is 6. The van der Waals surface area contributed by atoms with E-state index in [2.05, 4.69) is 4.98 Å². The number of carbonyl (C=O) groups excluding carboxylic acids is 1. The molecule has 0 radical (unpaired) electrons. The molecule has 4 aromatic rings. The van der Waals surface area contributed by atoms with Crippen molar-refractivity contribution in [2.75, 3.05) is 0 Å². The van der Waals surface area contributed by atoms with Crippen molar-refractivity contribution in [1.82, 2.24) is 9.38 Å². The number of carbonyl (C=O) groups is 2. The third-order valence-corrected chi connectivity index (χ3v) is 5.82. The van der Waals surface area contributed by atoms with Gasteiger partial charge in [0, 0.05) is 11.8 Å². The van der Waals surface area contributed by atoms with Crippen molar-refractivity contribution >= 4 is 50.6 Å². The number of ketones is 1. The molecule has 0 bridgehead atoms. The second-order valence-corrected chi connectivity index (χ2v) is 7.48. The lowest BCUT2D eigenvalue weighted by Crippen LogP contribution is -2.17. The first-order valence-electron chi connectivity index (χ1n) is 8.00. The van der Waals surface area contributed by atoms with E-state index in [4.69, 9.17) is 11.6 Å². The summed E-state index contributed by atoms with van der Waals surface area (Å²) in [6.45, 7) is 1.54. The van der Waals surface area contributed by atoms with E-state index >= 15 is 0 Å². The Morgan fingerprint density at radius 1 is 1.25 bits per heavy atom. The number of hydrogen-bond donors (Lipinski definition) is 2. The molecule has 1 aromatic carbocycles. The molecule has 4 rings (SSSR count). The van der Waals surface area contributed by atoms with Crippen molar-refractivity contribution in [3.63, 3.8) is 0 Å². The van der Waals surface area contributed by atoms with E-state index in [0.29, 0.717) is 5.56 Å². The van der Waals surface area contributed by atoms with Gasteiger partial charge in [-0.2, -0.15) is 0 Å². The van der Waals surface area contributed by atoms with Gasteiger partial charge in [0.05, 0.1) is 16.0 Å². The van der Waals surface area contributed by atoms with E-state index in [-0.39, 0.29) is 42.6 Å². The maximum absolute atomic E-state index is 13.0. The fourth-order valence-electron chi connectivity index (χ4n) is 3.01. The Kier molecular flexibility index (Phi) is 4.17. The summed E-state index contributed by atoms with van der Waals surface area (Å²) in [5.74, 6) is -1.85. The molecule has 0 spiro atoms. The summed E-state index contributed by atoms with van der Waals surface area (Å²) < 4.78 is 1.13. The van der Waals surface area contributed by atoms with Crippen molar-refractivity contribution in [3.8, 4) is 5.75 Å². The number of thiophene rings is 1. The molecule has 140 valence electrons. The van der Waals surface area contributed by atoms with Crippen LogP contribution in [0, 0.1) is 6.92 Å². The van der Waals surface area contributed by atoms with Crippen LogP contribution in [0.1, 0.15) is 31.2 Å². The largest absolute Gasteiger partial charge is 0.507 e. The van der Waals surface area contributed by atoms with Gasteiger partial charge in [-0.25, -0.2) is 9.78 Å². The number of phenols is 1. The number of benzene rings is 1. The van der Waals surface area contributed by atoms with Gasteiger partial charge >= 0.3 is 5.97 Å². The number of halogens is 1. The zero-order valence-electron chi connectivity index (χ0n) is 14.3. The SMILES string of the molecule is Cc1c(C(=O)O)sc2nc3c(Cl)cc(C(=O)c4ccccc4O)cn3c(=O)c12. The molecule has 0 aliphatic rings. The van der Waals surface area contributed by atoms with Crippen LogP contribution in [0.2, 0.25) is 5.02 Å². The molecule has 28 heavy (non-hydrogen) atoms. The molecule has 0 amide bonds. The van der Waals surface area contributed by atoms with E-state index in [0.717, 1.165) is 15.7 Å². The zero-order chi connectivity index (χ0) is 20.2. The predicted octanol–water partition coefficient (Wildman–Crippen LogP) is 3.51. The van der Waals surface area contributed by atoms with Crippen molar-refractivity contribution in [3.05, 3.63) is 73.5 Å². The highest BCUT2D eigenvalue weighted by atomic mass is 35.5. The number of aryl methyl sites for hydroxylation is 1. The molecule has 7 nitrogen and oxygen atoms in total. The number of carboxylic acid groups (broad SMARTS) is 1. The van der Waals surface area contributed by atoms with Crippen LogP contribution in [0.3, 0.4) is 0 Å². The smallest absolute Gasteiger partial charge is 0.346 e. The Labute approximate surface area is 166 Å². The first-order valence-corrected chi connectivity index (χ1v) is 9.20. The first-order chi connectivity index (χ1) is 13.3. The third kappa shape index (κ3) is 2.65. The minimum atomic E-state index is -1.14. The lowest BCUT2D eigenvalue weighted by Gasteiger charge is -2.08. The number of nitrogens with zero attached hydrogens (tertiary/aromatic N) is 2. The highest BCUT2D eigenvalue weighted by Gasteiger charge is 2.21. The topological polar surface area (TPSA) is 109 Å². The van der Waals surface area contributed by atoms with Gasteiger partial charge in [0.25, 0.3) is 5.56 Å². The zero-order valence-corrected chi connectivity index (χ0v) is 15.8. The Morgan fingerprint density at radius 3 is 2.64 bits per heavy atom. The number of phenolic OH excluding ortho intramolecular Hbond substituents is 1. The number of pyridine rings is 1. The van der Waals surface area contributed by atoms with Gasteiger partial charge in [0.15, 0.2) is 11.4 Å². The Morgan fingerprint density at radius 2 is 1.96 bits per heavy atom. The average molecular weight is 415 g/mol. The number of carboxylic acids is 1. The van der Waals surface area contributed by atoms with Crippen molar-refractivity contribution in [2.24, 2.45) is 0 Å². The standard InChI is InChI=1S/C19H11ClN2O5S/c1-8-13-17(28-15(8)19(26)27)21-16-11(20)6-9(7-22(16)18(13)25)14(24)10-4-2-3-5-12(10)23/h2-7,23H,1H3,(H,26,27). The molecular weight excluding hydrogens is 404 g/mol. The Bertz CT molecular complexity index is 1370. The quantitative estimate of drug-likeness (QED) is 0.496. The van der Waals surface area contributed by atoms with Crippen LogP contribution in [0.4, 0.5) is 0 Å². The maximum Gasteiger partial charge on any atom is 0.346 e. The van der Waals surface area contributed by atoms with Crippen LogP contribution in [0.5, 0.6) is 5.75 Å². The van der Waals surface area contributed by atoms with Gasteiger partial charge in [-0.1, -0.05) is 23.7 Å². The molecule has 0 fully saturated rings. The summed E-state index contributed by atoms with van der Waals surface area (Å²) in [7, 11) is 0. The van der Waals surface area contributed by atoms with Crippen LogP contribution in [0.15, 0.2) is 41.3 Å². The van der Waals surface area contributed by atoms with Crippen molar-refractivity contribution in [2.45, 2.75) is 6.92 Å². The summed E-state index contributed by atoms with van der Waals surface area (Å²) >= 11 is 7.16. The molecule has 0 saturated heterocycles. The van der Waals surface area contributed by atoms with Crippen LogP contribution in [-0.4, -0.2) is 31.4 Å². The number of aromatic hydroxyl groups is 1. The number of aromatic nitrogens is 2. The van der Waals surface area contributed by atoms with E-state index in [1.165, 1.54) is 31.3 Å². The predicted molar refractivity (Wildman–Crippen MR) is 105 cm³/mol. The van der Waals surface area contributed by atoms with Crippen LogP contribution in [-0.2, 0) is 0 Å². The summed E-state index contributed by atoms with van der Waals surface area (Å²) in [4.78, 5) is 41.7. The lowest BCUT2D eigenvalue weighted by atomic mass is 10.0. The van der Waals surface area contributed by atoms with Gasteiger partial charge in [0.2, 0.25) is 0 Å². The molecule has 2 N–H and O–H groups in total. The minimum Gasteiger partial charge on any atom is -0.507 e. The van der Waals surface area contributed by atoms with Gasteiger partial charge in [-0.3, -0.25) is 14.0 Å². The van der Waals surface area contributed by atoms with Gasteiger partial charge in [0.1, 0.15) is 15.5 Å². The molecular formula is C19H11ClN2O5S. The second kappa shape index (κ2) is 6.43. The molecule has 0 aliphatic carbocycles. The van der Waals surface area contributed by atoms with Gasteiger partial charge in [-0.15, -0.1) is 11.3 Å². The van der Waals surface area contributed by atoms with Crippen LogP contribution in [0.25, 0.3) is 15.9 Å². The minimum absolute atomic E-state index is 0.0251. The highest BCUT2D eigenvalue weighted by Crippen LogP contribution is 2.29. The molecule has 3 aromatic heterocycles. The normalized spacial score (nSPS) is 11.2. The van der Waals surface area contributed by atoms with Gasteiger partial charge < -0.3 is 10.2 Å². The molecule has 0 aliphatic heterocycles. The van der Waals surface area contributed by atoms with E-state index in [1.807, 2.05) is 0 Å². The molecule has 3 heterocycles. The average Bonchev–Trinajstić information content (AvgIpc) is 2.99. The van der Waals surface area contributed by atoms with Crippen LogP contribution < -0.4 is 5.56 Å². The molecule has 9 heteroatoms. The summed E-state index contributed by atoms with van der Waals surface area (Å²) in [5, 5.41) is 19.4. The van der Waals surface area contributed by atoms with E-state index < -0.39 is 17.3 Å². The maximum atomic E-state index is 13.0. The molecule has 0 saturated carbocycles. The van der Waals surface area contributed by atoms with Crippen molar-refractivity contribution in [1.29, 1.82) is 0 Å². The Balaban J connectivity index is 2.02. The van der Waals surface area contributed by atoms with Crippen LogP contribution >= 0.6 is 22.9 Å². The fraction of sp³-hybridized carbons (Fsp3) is 0.0526. The van der Waals surface area contributed by atoms with E-state index in [9.17, 15) is 24.6 Å². The molecule has 0 atom stereocenters. The number of aromatic carboxylic acids is 1. The van der Waals surface area contributed by atoms with E-state index in [1.54, 1.807) is 12.1 Å². The first kappa shape index (κ1) is 18.1. The lowest BCUT2D eigenvalue weighted by molar-refractivity contribution is 0.0701. The monoisotopic (exact) mass is 414 g/mol.